The smallest absolute Gasteiger partial charge is 0.0547 e. The average Bonchev–Trinajstić information content (AvgIpc) is 3.27. The van der Waals surface area contributed by atoms with Crippen LogP contribution in [0.2, 0.25) is 0 Å². The fourth-order valence-corrected chi connectivity index (χ4v) is 4.16. The maximum atomic E-state index is 4.87. The molecule has 3 aliphatic rings. The van der Waals surface area contributed by atoms with Gasteiger partial charge in [-0.15, -0.1) is 0 Å². The lowest BCUT2D eigenvalue weighted by atomic mass is 9.85. The Morgan fingerprint density at radius 1 is 1.05 bits per heavy atom. The summed E-state index contributed by atoms with van der Waals surface area (Å²) in [4.78, 5) is 7.57. The Morgan fingerprint density at radius 2 is 1.90 bits per heavy atom. The summed E-state index contributed by atoms with van der Waals surface area (Å²) in [5.74, 6) is 0.971. The van der Waals surface area contributed by atoms with Crippen LogP contribution in [-0.4, -0.2) is 28.5 Å². The molecule has 3 nitrogen and oxygen atoms in total. The molecule has 1 N–H and O–H groups in total. The zero-order valence-corrected chi connectivity index (χ0v) is 12.9. The number of nitrogens with zero attached hydrogens (tertiary/aromatic N) is 2. The van der Waals surface area contributed by atoms with E-state index in [4.69, 9.17) is 4.98 Å². The molecule has 0 amide bonds. The highest BCUT2D eigenvalue weighted by Gasteiger charge is 2.35. The fourth-order valence-electron chi connectivity index (χ4n) is 4.16. The number of nitrogens with one attached hydrogen (secondary N) is 1. The minimum absolute atomic E-state index is 0.761. The lowest BCUT2D eigenvalue weighted by Gasteiger charge is -2.31. The van der Waals surface area contributed by atoms with E-state index in [1.54, 1.807) is 0 Å². The molecule has 3 heteroatoms. The van der Waals surface area contributed by atoms with Crippen LogP contribution in [0.15, 0.2) is 18.2 Å². The van der Waals surface area contributed by atoms with E-state index in [1.165, 1.54) is 62.9 Å². The molecule has 1 aromatic rings. The molecule has 0 spiro atoms. The van der Waals surface area contributed by atoms with Gasteiger partial charge in [0.05, 0.1) is 11.4 Å². The van der Waals surface area contributed by atoms with Crippen molar-refractivity contribution in [3.05, 3.63) is 29.6 Å². The largest absolute Gasteiger partial charge is 0.308 e. The third-order valence-corrected chi connectivity index (χ3v) is 5.50. The Kier molecular flexibility index (Phi) is 3.95. The molecular weight excluding hydrogens is 258 g/mol. The SMILES string of the molecule is c1cc(CNC2CC2)nc(CN2CCC3CCCCC32)c1. The molecule has 0 bridgehead atoms. The van der Waals surface area contributed by atoms with Gasteiger partial charge in [0.2, 0.25) is 0 Å². The van der Waals surface area contributed by atoms with E-state index in [0.717, 1.165) is 31.1 Å². The molecule has 2 aliphatic carbocycles. The molecule has 2 atom stereocenters. The Balaban J connectivity index is 1.38. The third kappa shape index (κ3) is 3.29. The summed E-state index contributed by atoms with van der Waals surface area (Å²) >= 11 is 0. The van der Waals surface area contributed by atoms with E-state index in [2.05, 4.69) is 28.4 Å². The van der Waals surface area contributed by atoms with Gasteiger partial charge in [-0.1, -0.05) is 18.9 Å². The van der Waals surface area contributed by atoms with Crippen molar-refractivity contribution in [1.29, 1.82) is 0 Å². The molecule has 1 aliphatic heterocycles. The van der Waals surface area contributed by atoms with Gasteiger partial charge in [-0.05, 0) is 56.7 Å². The third-order valence-electron chi connectivity index (χ3n) is 5.50. The Bertz CT molecular complexity index is 483. The van der Waals surface area contributed by atoms with E-state index in [1.807, 2.05) is 0 Å². The minimum Gasteiger partial charge on any atom is -0.308 e. The molecule has 4 rings (SSSR count). The van der Waals surface area contributed by atoms with Gasteiger partial charge in [0.1, 0.15) is 0 Å². The van der Waals surface area contributed by atoms with Crippen LogP contribution in [-0.2, 0) is 13.1 Å². The van der Waals surface area contributed by atoms with Gasteiger partial charge < -0.3 is 5.32 Å². The normalized spacial score (nSPS) is 29.5. The van der Waals surface area contributed by atoms with Crippen LogP contribution >= 0.6 is 0 Å². The summed E-state index contributed by atoms with van der Waals surface area (Å²) in [7, 11) is 0. The number of hydrogen-bond acceptors (Lipinski definition) is 3. The molecule has 114 valence electrons. The zero-order valence-electron chi connectivity index (χ0n) is 12.9. The first-order chi connectivity index (χ1) is 10.4. The van der Waals surface area contributed by atoms with Crippen molar-refractivity contribution in [1.82, 2.24) is 15.2 Å². The Labute approximate surface area is 128 Å². The lowest BCUT2D eigenvalue weighted by Crippen LogP contribution is -2.34. The first-order valence-electron chi connectivity index (χ1n) is 8.81. The maximum absolute atomic E-state index is 4.87. The Morgan fingerprint density at radius 3 is 2.81 bits per heavy atom. The number of fused-ring (bicyclic) bond motifs is 1. The van der Waals surface area contributed by atoms with Gasteiger partial charge in [0.25, 0.3) is 0 Å². The quantitative estimate of drug-likeness (QED) is 0.901. The number of rotatable bonds is 5. The van der Waals surface area contributed by atoms with Gasteiger partial charge in [-0.3, -0.25) is 9.88 Å². The predicted molar refractivity (Wildman–Crippen MR) is 84.9 cm³/mol. The van der Waals surface area contributed by atoms with Crippen molar-refractivity contribution in [3.8, 4) is 0 Å². The van der Waals surface area contributed by atoms with Crippen molar-refractivity contribution < 1.29 is 0 Å². The molecule has 2 unspecified atom stereocenters. The molecular formula is C18H27N3. The number of hydrogen-bond donors (Lipinski definition) is 1. The van der Waals surface area contributed by atoms with Gasteiger partial charge in [-0.2, -0.15) is 0 Å². The summed E-state index contributed by atoms with van der Waals surface area (Å²) in [6.07, 6.45) is 9.85. The van der Waals surface area contributed by atoms with Crippen LogP contribution < -0.4 is 5.32 Å². The number of aromatic nitrogens is 1. The summed E-state index contributed by atoms with van der Waals surface area (Å²) in [6, 6.07) is 8.15. The summed E-state index contributed by atoms with van der Waals surface area (Å²) in [5, 5.41) is 3.56. The van der Waals surface area contributed by atoms with E-state index < -0.39 is 0 Å². The highest BCUT2D eigenvalue weighted by atomic mass is 15.2. The molecule has 0 aromatic carbocycles. The molecule has 1 saturated heterocycles. The molecule has 2 heterocycles. The molecule has 21 heavy (non-hydrogen) atoms. The predicted octanol–water partition coefficient (Wildman–Crippen LogP) is 3.10. The van der Waals surface area contributed by atoms with Crippen molar-refractivity contribution in [2.24, 2.45) is 5.92 Å². The van der Waals surface area contributed by atoms with Gasteiger partial charge >= 0.3 is 0 Å². The first kappa shape index (κ1) is 13.7. The molecule has 2 saturated carbocycles. The van der Waals surface area contributed by atoms with Crippen LogP contribution in [0.4, 0.5) is 0 Å². The lowest BCUT2D eigenvalue weighted by molar-refractivity contribution is 0.174. The van der Waals surface area contributed by atoms with E-state index in [-0.39, 0.29) is 0 Å². The van der Waals surface area contributed by atoms with E-state index in [0.29, 0.717) is 0 Å². The second-order valence-electron chi connectivity index (χ2n) is 7.15. The van der Waals surface area contributed by atoms with Crippen molar-refractivity contribution >= 4 is 0 Å². The second kappa shape index (κ2) is 6.05. The average molecular weight is 285 g/mol. The molecule has 3 fully saturated rings. The van der Waals surface area contributed by atoms with Crippen molar-refractivity contribution in [2.75, 3.05) is 6.54 Å². The van der Waals surface area contributed by atoms with E-state index >= 15 is 0 Å². The molecule has 1 aromatic heterocycles. The van der Waals surface area contributed by atoms with Gasteiger partial charge in [0.15, 0.2) is 0 Å². The van der Waals surface area contributed by atoms with Gasteiger partial charge in [-0.25, -0.2) is 0 Å². The van der Waals surface area contributed by atoms with Crippen LogP contribution in [0.5, 0.6) is 0 Å². The number of likely N-dealkylation sites (tertiary alicyclic amines) is 1. The summed E-state index contributed by atoms with van der Waals surface area (Å²) in [5.41, 5.74) is 2.47. The minimum atomic E-state index is 0.761. The topological polar surface area (TPSA) is 28.2 Å². The van der Waals surface area contributed by atoms with Gasteiger partial charge in [0, 0.05) is 25.2 Å². The van der Waals surface area contributed by atoms with Crippen LogP contribution in [0.25, 0.3) is 0 Å². The highest BCUT2D eigenvalue weighted by molar-refractivity contribution is 5.12. The highest BCUT2D eigenvalue weighted by Crippen LogP contribution is 2.36. The van der Waals surface area contributed by atoms with Crippen molar-refractivity contribution in [3.63, 3.8) is 0 Å². The summed E-state index contributed by atoms with van der Waals surface area (Å²) in [6.45, 7) is 3.27. The second-order valence-corrected chi connectivity index (χ2v) is 7.15. The van der Waals surface area contributed by atoms with Crippen LogP contribution in [0.3, 0.4) is 0 Å². The monoisotopic (exact) mass is 285 g/mol. The number of pyridine rings is 1. The fraction of sp³-hybridized carbons (Fsp3) is 0.722. The van der Waals surface area contributed by atoms with E-state index in [9.17, 15) is 0 Å². The van der Waals surface area contributed by atoms with Crippen LogP contribution in [0, 0.1) is 5.92 Å². The van der Waals surface area contributed by atoms with Crippen LogP contribution in [0.1, 0.15) is 56.3 Å². The summed E-state index contributed by atoms with van der Waals surface area (Å²) < 4.78 is 0. The first-order valence-corrected chi connectivity index (χ1v) is 8.81. The van der Waals surface area contributed by atoms with Crippen molar-refractivity contribution in [2.45, 2.75) is 70.1 Å². The molecule has 0 radical (unpaired) electrons. The maximum Gasteiger partial charge on any atom is 0.0547 e. The standard InChI is InChI=1S/C18H27N3/c1-2-7-18-14(4-1)10-11-21(18)13-17-6-3-5-16(20-17)12-19-15-8-9-15/h3,5-6,14-15,18-19H,1-2,4,7-13H2. The Hall–Kier alpha value is -0.930. The zero-order chi connectivity index (χ0) is 14.1.